The predicted octanol–water partition coefficient (Wildman–Crippen LogP) is 3.51. The van der Waals surface area contributed by atoms with Crippen molar-refractivity contribution in [1.82, 2.24) is 0 Å². The van der Waals surface area contributed by atoms with Gasteiger partial charge in [0.05, 0.1) is 0 Å². The number of unbranched alkanes of at least 4 members (excludes halogenated alkanes) is 6. The molecule has 0 heterocycles. The Morgan fingerprint density at radius 2 is 1.31 bits per heavy atom. The fraction of sp³-hybridized carbons (Fsp3) is 1.00. The minimum atomic E-state index is 0.257. The normalized spacial score (nSPS) is 12.9. The number of aliphatic hydroxyl groups excluding tert-OH is 2. The molecular weight excluding hydrogens is 200 g/mol. The summed E-state index contributed by atoms with van der Waals surface area (Å²) in [6.07, 6.45) is 12.3. The molecule has 2 N–H and O–H groups in total. The number of hydrogen-bond donors (Lipinski definition) is 2. The molecule has 0 aromatic heterocycles. The highest BCUT2D eigenvalue weighted by Crippen LogP contribution is 2.16. The van der Waals surface area contributed by atoms with Gasteiger partial charge in [-0.1, -0.05) is 51.9 Å². The maximum atomic E-state index is 9.14. The van der Waals surface area contributed by atoms with E-state index in [1.54, 1.807) is 0 Å². The first-order chi connectivity index (χ1) is 7.85. The Hall–Kier alpha value is -0.0800. The summed E-state index contributed by atoms with van der Waals surface area (Å²) in [5.74, 6) is 0.419. The quantitative estimate of drug-likeness (QED) is 0.504. The van der Waals surface area contributed by atoms with Crippen LogP contribution in [0.1, 0.15) is 71.1 Å². The van der Waals surface area contributed by atoms with Gasteiger partial charge in [0.2, 0.25) is 0 Å². The monoisotopic (exact) mass is 230 g/mol. The van der Waals surface area contributed by atoms with Crippen LogP contribution in [-0.4, -0.2) is 23.4 Å². The smallest absolute Gasteiger partial charge is 0.0459 e. The fourth-order valence-electron chi connectivity index (χ4n) is 2.10. The molecule has 0 aliphatic carbocycles. The number of aliphatic hydroxyl groups is 2. The van der Waals surface area contributed by atoms with Crippen LogP contribution in [0.3, 0.4) is 0 Å². The first-order valence-electron chi connectivity index (χ1n) is 7.06. The van der Waals surface area contributed by atoms with Crippen LogP contribution in [-0.2, 0) is 0 Å². The van der Waals surface area contributed by atoms with Gasteiger partial charge in [-0.2, -0.15) is 0 Å². The average molecular weight is 230 g/mol. The first-order valence-corrected chi connectivity index (χ1v) is 7.06. The van der Waals surface area contributed by atoms with E-state index in [9.17, 15) is 0 Å². The van der Waals surface area contributed by atoms with E-state index in [1.807, 2.05) is 0 Å². The molecule has 0 saturated heterocycles. The van der Waals surface area contributed by atoms with Gasteiger partial charge in [0.15, 0.2) is 0 Å². The Morgan fingerprint density at radius 3 is 1.88 bits per heavy atom. The molecule has 16 heavy (non-hydrogen) atoms. The highest BCUT2D eigenvalue weighted by Gasteiger charge is 2.06. The van der Waals surface area contributed by atoms with Crippen LogP contribution >= 0.6 is 0 Å². The summed E-state index contributed by atoms with van der Waals surface area (Å²) < 4.78 is 0. The summed E-state index contributed by atoms with van der Waals surface area (Å²) in [6, 6.07) is 0. The minimum Gasteiger partial charge on any atom is -0.396 e. The van der Waals surface area contributed by atoms with Crippen molar-refractivity contribution in [3.05, 3.63) is 0 Å². The zero-order chi connectivity index (χ0) is 12.1. The van der Waals surface area contributed by atoms with E-state index in [2.05, 4.69) is 6.92 Å². The molecule has 0 rings (SSSR count). The van der Waals surface area contributed by atoms with Crippen LogP contribution in [0.2, 0.25) is 0 Å². The lowest BCUT2D eigenvalue weighted by Crippen LogP contribution is -2.06. The van der Waals surface area contributed by atoms with E-state index in [4.69, 9.17) is 10.2 Å². The molecule has 2 heteroatoms. The molecule has 0 aliphatic heterocycles. The zero-order valence-electron chi connectivity index (χ0n) is 11.0. The Labute approximate surface area is 101 Å². The lowest BCUT2D eigenvalue weighted by molar-refractivity contribution is 0.191. The molecule has 98 valence electrons. The van der Waals surface area contributed by atoms with Crippen molar-refractivity contribution in [3.8, 4) is 0 Å². The third-order valence-electron chi connectivity index (χ3n) is 3.24. The van der Waals surface area contributed by atoms with E-state index < -0.39 is 0 Å². The minimum absolute atomic E-state index is 0.257. The van der Waals surface area contributed by atoms with Crippen LogP contribution in [0.4, 0.5) is 0 Å². The van der Waals surface area contributed by atoms with Crippen molar-refractivity contribution in [2.75, 3.05) is 13.2 Å². The standard InChI is InChI=1S/C14H30O2/c1-2-3-4-5-6-7-8-10-14(13-16)11-9-12-15/h14-16H,2-13H2,1H3. The molecule has 1 unspecified atom stereocenters. The Balaban J connectivity index is 3.20. The largest absolute Gasteiger partial charge is 0.396 e. The van der Waals surface area contributed by atoms with Crippen LogP contribution in [0.25, 0.3) is 0 Å². The van der Waals surface area contributed by atoms with Crippen LogP contribution < -0.4 is 0 Å². The second-order valence-corrected chi connectivity index (χ2v) is 4.82. The molecule has 0 fully saturated rings. The summed E-state index contributed by atoms with van der Waals surface area (Å²) in [4.78, 5) is 0. The third kappa shape index (κ3) is 10.4. The maximum absolute atomic E-state index is 9.14. The van der Waals surface area contributed by atoms with Gasteiger partial charge in [-0.3, -0.25) is 0 Å². The number of rotatable bonds is 12. The van der Waals surface area contributed by atoms with Gasteiger partial charge in [0.1, 0.15) is 0 Å². The van der Waals surface area contributed by atoms with E-state index in [0.717, 1.165) is 19.3 Å². The molecule has 0 aromatic rings. The molecule has 0 bridgehead atoms. The van der Waals surface area contributed by atoms with Crippen molar-refractivity contribution in [1.29, 1.82) is 0 Å². The van der Waals surface area contributed by atoms with E-state index in [1.165, 1.54) is 44.9 Å². The van der Waals surface area contributed by atoms with E-state index >= 15 is 0 Å². The molecule has 0 saturated carbocycles. The van der Waals surface area contributed by atoms with Crippen molar-refractivity contribution in [2.24, 2.45) is 5.92 Å². The topological polar surface area (TPSA) is 40.5 Å². The highest BCUT2D eigenvalue weighted by molar-refractivity contribution is 4.58. The van der Waals surface area contributed by atoms with Crippen molar-refractivity contribution in [2.45, 2.75) is 71.1 Å². The summed E-state index contributed by atoms with van der Waals surface area (Å²) >= 11 is 0. The maximum Gasteiger partial charge on any atom is 0.0459 e. The second kappa shape index (κ2) is 13.0. The van der Waals surface area contributed by atoms with Crippen molar-refractivity contribution >= 4 is 0 Å². The second-order valence-electron chi connectivity index (χ2n) is 4.82. The van der Waals surface area contributed by atoms with Crippen LogP contribution in [0.15, 0.2) is 0 Å². The summed E-state index contributed by atoms with van der Waals surface area (Å²) in [7, 11) is 0. The Bertz CT molecular complexity index is 126. The molecule has 0 spiro atoms. The molecule has 0 aromatic carbocycles. The van der Waals surface area contributed by atoms with E-state index in [-0.39, 0.29) is 13.2 Å². The molecule has 0 amide bonds. The molecule has 0 radical (unpaired) electrons. The predicted molar refractivity (Wildman–Crippen MR) is 69.5 cm³/mol. The van der Waals surface area contributed by atoms with Crippen molar-refractivity contribution < 1.29 is 10.2 Å². The molecule has 0 aliphatic rings. The summed E-state index contributed by atoms with van der Waals surface area (Å²) in [5, 5.41) is 17.9. The van der Waals surface area contributed by atoms with Crippen LogP contribution in [0, 0.1) is 5.92 Å². The lowest BCUT2D eigenvalue weighted by atomic mass is 9.96. The van der Waals surface area contributed by atoms with E-state index in [0.29, 0.717) is 5.92 Å². The first kappa shape index (κ1) is 15.9. The SMILES string of the molecule is CCCCCCCCCC(CO)CCCO. The van der Waals surface area contributed by atoms with Gasteiger partial charge in [0.25, 0.3) is 0 Å². The lowest BCUT2D eigenvalue weighted by Gasteiger charge is -2.12. The average Bonchev–Trinajstić information content (AvgIpc) is 2.32. The van der Waals surface area contributed by atoms with Crippen molar-refractivity contribution in [3.63, 3.8) is 0 Å². The highest BCUT2D eigenvalue weighted by atomic mass is 16.3. The molecular formula is C14H30O2. The van der Waals surface area contributed by atoms with Gasteiger partial charge < -0.3 is 10.2 Å². The molecule has 1 atom stereocenters. The third-order valence-corrected chi connectivity index (χ3v) is 3.24. The van der Waals surface area contributed by atoms with Gasteiger partial charge in [-0.15, -0.1) is 0 Å². The zero-order valence-corrected chi connectivity index (χ0v) is 11.0. The fourth-order valence-corrected chi connectivity index (χ4v) is 2.10. The Kier molecular flexibility index (Phi) is 12.9. The summed E-state index contributed by atoms with van der Waals surface area (Å²) in [5.41, 5.74) is 0. The van der Waals surface area contributed by atoms with Gasteiger partial charge in [-0.25, -0.2) is 0 Å². The Morgan fingerprint density at radius 1 is 0.750 bits per heavy atom. The molecule has 2 nitrogen and oxygen atoms in total. The van der Waals surface area contributed by atoms with Gasteiger partial charge in [-0.05, 0) is 25.2 Å². The van der Waals surface area contributed by atoms with Crippen LogP contribution in [0.5, 0.6) is 0 Å². The summed E-state index contributed by atoms with van der Waals surface area (Å²) in [6.45, 7) is 2.79. The number of hydrogen-bond acceptors (Lipinski definition) is 2. The van der Waals surface area contributed by atoms with Gasteiger partial charge >= 0.3 is 0 Å². The van der Waals surface area contributed by atoms with Gasteiger partial charge in [0, 0.05) is 13.2 Å².